The van der Waals surface area contributed by atoms with Crippen LogP contribution in [0.4, 0.5) is 10.1 Å². The lowest BCUT2D eigenvalue weighted by Crippen LogP contribution is -2.42. The van der Waals surface area contributed by atoms with E-state index in [2.05, 4.69) is 25.2 Å². The zero-order valence-electron chi connectivity index (χ0n) is 11.5. The Labute approximate surface area is 119 Å². The molecule has 1 aromatic rings. The second kappa shape index (κ2) is 6.10. The Morgan fingerprint density at radius 3 is 2.74 bits per heavy atom. The third-order valence-corrected chi connectivity index (χ3v) is 3.83. The number of para-hydroxylation sites is 1. The van der Waals surface area contributed by atoms with Gasteiger partial charge in [0.2, 0.25) is 0 Å². The van der Waals surface area contributed by atoms with Crippen LogP contribution in [-0.4, -0.2) is 17.7 Å². The number of rotatable bonds is 3. The molecule has 2 nitrogen and oxygen atoms in total. The molecule has 0 amide bonds. The van der Waals surface area contributed by atoms with E-state index in [4.69, 9.17) is 16.3 Å². The predicted octanol–water partition coefficient (Wildman–Crippen LogP) is 4.47. The molecule has 19 heavy (non-hydrogen) atoms. The van der Waals surface area contributed by atoms with Gasteiger partial charge in [0.15, 0.2) is 11.7 Å². The molecular formula is C15H20ClFNO. The van der Waals surface area contributed by atoms with Gasteiger partial charge in [-0.3, -0.25) is 0 Å². The molecule has 0 bridgehead atoms. The summed E-state index contributed by atoms with van der Waals surface area (Å²) in [6.45, 7) is 6.20. The molecular weight excluding hydrogens is 265 g/mol. The topological polar surface area (TPSA) is 21.3 Å². The van der Waals surface area contributed by atoms with E-state index < -0.39 is 5.56 Å². The molecule has 1 aromatic carbocycles. The lowest BCUT2D eigenvalue weighted by Gasteiger charge is -2.35. The summed E-state index contributed by atoms with van der Waals surface area (Å²) in [7, 11) is 0. The number of hydrogen-bond acceptors (Lipinski definition) is 2. The smallest absolute Gasteiger partial charge is 0.190 e. The zero-order chi connectivity index (χ0) is 14.0. The van der Waals surface area contributed by atoms with E-state index in [-0.39, 0.29) is 18.3 Å². The van der Waals surface area contributed by atoms with Crippen molar-refractivity contribution in [3.8, 4) is 0 Å². The molecule has 4 heteroatoms. The van der Waals surface area contributed by atoms with Crippen molar-refractivity contribution in [1.29, 1.82) is 0 Å². The summed E-state index contributed by atoms with van der Waals surface area (Å²) in [6.07, 6.45) is -0.136. The van der Waals surface area contributed by atoms with Crippen LogP contribution in [0.1, 0.15) is 38.7 Å². The van der Waals surface area contributed by atoms with Crippen LogP contribution < -0.4 is 5.32 Å². The van der Waals surface area contributed by atoms with E-state index in [1.54, 1.807) is 0 Å². The second-order valence-corrected chi connectivity index (χ2v) is 5.70. The molecule has 3 unspecified atom stereocenters. The van der Waals surface area contributed by atoms with Gasteiger partial charge in [0.05, 0.1) is 12.1 Å². The quantitative estimate of drug-likeness (QED) is 0.827. The van der Waals surface area contributed by atoms with Crippen LogP contribution in [0.25, 0.3) is 0 Å². The Balaban J connectivity index is 2.13. The predicted molar refractivity (Wildman–Crippen MR) is 77.1 cm³/mol. The monoisotopic (exact) mass is 284 g/mol. The first-order valence-electron chi connectivity index (χ1n) is 6.65. The highest BCUT2D eigenvalue weighted by Gasteiger charge is 2.36. The van der Waals surface area contributed by atoms with Crippen LogP contribution in [0.2, 0.25) is 0 Å². The van der Waals surface area contributed by atoms with Crippen LogP contribution >= 0.6 is 11.6 Å². The minimum atomic E-state index is -0.909. The van der Waals surface area contributed by atoms with Crippen molar-refractivity contribution < 1.29 is 9.13 Å². The lowest BCUT2D eigenvalue weighted by molar-refractivity contribution is -0.0126. The summed E-state index contributed by atoms with van der Waals surface area (Å²) in [5.74, 6) is 0.415. The standard InChI is InChI=1S/C15H20ClFNO/c1-9(2)11-6-4-5-7-13(11)18-14-8-12(17)15(16)19-10(14)3/h4-7,9-10,14-15,18H,8H2,1-3H3. The highest BCUT2D eigenvalue weighted by atomic mass is 35.5. The van der Waals surface area contributed by atoms with Crippen molar-refractivity contribution in [2.75, 3.05) is 5.32 Å². The number of hydrogen-bond donors (Lipinski definition) is 1. The maximum atomic E-state index is 13.6. The Morgan fingerprint density at radius 2 is 2.05 bits per heavy atom. The number of ether oxygens (including phenoxy) is 1. The van der Waals surface area contributed by atoms with Gasteiger partial charge < -0.3 is 10.1 Å². The molecule has 1 aliphatic heterocycles. The minimum absolute atomic E-state index is 0.0881. The Kier molecular flexibility index (Phi) is 4.69. The summed E-state index contributed by atoms with van der Waals surface area (Å²) in [4.78, 5) is 0. The summed E-state index contributed by atoms with van der Waals surface area (Å²) >= 11 is 5.75. The molecule has 1 N–H and O–H groups in total. The SMILES string of the molecule is CC(C)c1ccccc1NC1C[C](F)C(Cl)OC1C. The first kappa shape index (κ1) is 14.6. The van der Waals surface area contributed by atoms with Crippen LogP contribution in [-0.2, 0) is 4.74 Å². The van der Waals surface area contributed by atoms with E-state index in [1.165, 1.54) is 5.56 Å². The first-order chi connectivity index (χ1) is 8.99. The zero-order valence-corrected chi connectivity index (χ0v) is 12.2. The molecule has 1 fully saturated rings. The Morgan fingerprint density at radius 1 is 1.37 bits per heavy atom. The van der Waals surface area contributed by atoms with E-state index in [1.807, 2.05) is 25.1 Å². The van der Waals surface area contributed by atoms with E-state index in [0.29, 0.717) is 12.3 Å². The van der Waals surface area contributed by atoms with Crippen molar-refractivity contribution >= 4 is 17.3 Å². The molecule has 1 saturated heterocycles. The molecule has 1 heterocycles. The molecule has 1 radical (unpaired) electrons. The molecule has 105 valence electrons. The Bertz CT molecular complexity index is 426. The summed E-state index contributed by atoms with van der Waals surface area (Å²) in [5, 5.41) is 3.39. The lowest BCUT2D eigenvalue weighted by atomic mass is 9.98. The molecule has 0 spiro atoms. The van der Waals surface area contributed by atoms with E-state index >= 15 is 0 Å². The van der Waals surface area contributed by atoms with Gasteiger partial charge in [0.1, 0.15) is 0 Å². The summed E-state index contributed by atoms with van der Waals surface area (Å²) < 4.78 is 19.0. The minimum Gasteiger partial charge on any atom is -0.379 e. The third-order valence-electron chi connectivity index (χ3n) is 3.49. The number of nitrogens with one attached hydrogen (secondary N) is 1. The van der Waals surface area contributed by atoms with Crippen molar-refractivity contribution in [2.45, 2.75) is 50.8 Å². The maximum absolute atomic E-state index is 13.6. The van der Waals surface area contributed by atoms with Crippen LogP contribution in [0.15, 0.2) is 24.3 Å². The van der Waals surface area contributed by atoms with Gasteiger partial charge in [-0.05, 0) is 24.5 Å². The fourth-order valence-electron chi connectivity index (χ4n) is 2.33. The average Bonchev–Trinajstić information content (AvgIpc) is 2.36. The van der Waals surface area contributed by atoms with Crippen molar-refractivity contribution in [3.63, 3.8) is 0 Å². The van der Waals surface area contributed by atoms with Gasteiger partial charge in [0.25, 0.3) is 0 Å². The van der Waals surface area contributed by atoms with Gasteiger partial charge in [0, 0.05) is 12.1 Å². The fourth-order valence-corrected chi connectivity index (χ4v) is 2.58. The largest absolute Gasteiger partial charge is 0.379 e. The third kappa shape index (κ3) is 3.40. The van der Waals surface area contributed by atoms with Crippen LogP contribution in [0.3, 0.4) is 0 Å². The number of benzene rings is 1. The molecule has 0 aliphatic carbocycles. The number of anilines is 1. The normalized spacial score (nSPS) is 28.6. The molecule has 2 rings (SSSR count). The fraction of sp³-hybridized carbons (Fsp3) is 0.533. The van der Waals surface area contributed by atoms with Gasteiger partial charge in [-0.15, -0.1) is 0 Å². The maximum Gasteiger partial charge on any atom is 0.190 e. The van der Waals surface area contributed by atoms with Gasteiger partial charge in [-0.25, -0.2) is 4.39 Å². The van der Waals surface area contributed by atoms with E-state index in [9.17, 15) is 4.39 Å². The van der Waals surface area contributed by atoms with Crippen molar-refractivity contribution in [3.05, 3.63) is 36.0 Å². The summed E-state index contributed by atoms with van der Waals surface area (Å²) in [5.41, 5.74) is 1.36. The van der Waals surface area contributed by atoms with Gasteiger partial charge >= 0.3 is 0 Å². The highest BCUT2D eigenvalue weighted by molar-refractivity contribution is 6.20. The molecule has 1 aliphatic rings. The number of halogens is 2. The first-order valence-corrected chi connectivity index (χ1v) is 7.09. The second-order valence-electron chi connectivity index (χ2n) is 5.30. The van der Waals surface area contributed by atoms with E-state index in [0.717, 1.165) is 5.69 Å². The molecule has 0 aromatic heterocycles. The van der Waals surface area contributed by atoms with Crippen LogP contribution in [0.5, 0.6) is 0 Å². The average molecular weight is 285 g/mol. The van der Waals surface area contributed by atoms with Crippen LogP contribution in [0, 0.1) is 6.17 Å². The molecule has 0 saturated carbocycles. The van der Waals surface area contributed by atoms with Crippen molar-refractivity contribution in [1.82, 2.24) is 0 Å². The van der Waals surface area contributed by atoms with Crippen molar-refractivity contribution in [2.24, 2.45) is 0 Å². The van der Waals surface area contributed by atoms with Gasteiger partial charge in [-0.1, -0.05) is 43.6 Å². The molecule has 3 atom stereocenters. The number of alkyl halides is 1. The summed E-state index contributed by atoms with van der Waals surface area (Å²) in [6, 6.07) is 8.02. The highest BCUT2D eigenvalue weighted by Crippen LogP contribution is 2.33. The Hall–Kier alpha value is -0.800. The van der Waals surface area contributed by atoms with Gasteiger partial charge in [-0.2, -0.15) is 0 Å².